The normalized spacial score (nSPS) is 11.2. The highest BCUT2D eigenvalue weighted by atomic mass is 35.5. The third-order valence-electron chi connectivity index (χ3n) is 4.46. The summed E-state index contributed by atoms with van der Waals surface area (Å²) in [5, 5.41) is 2.78. The molecule has 0 aliphatic heterocycles. The number of nitrogen functional groups attached to an aromatic ring is 1. The van der Waals surface area contributed by atoms with Crippen LogP contribution in [-0.4, -0.2) is 34.0 Å². The topological polar surface area (TPSA) is 107 Å². The number of rotatable bonds is 5. The van der Waals surface area contributed by atoms with Crippen molar-refractivity contribution in [1.29, 1.82) is 0 Å². The summed E-state index contributed by atoms with van der Waals surface area (Å²) in [6.45, 7) is 6.65. The summed E-state index contributed by atoms with van der Waals surface area (Å²) < 4.78 is 18.7. The smallest absolute Gasteiger partial charge is 0.325 e. The van der Waals surface area contributed by atoms with E-state index >= 15 is 0 Å². The van der Waals surface area contributed by atoms with Crippen LogP contribution < -0.4 is 11.1 Å². The van der Waals surface area contributed by atoms with Gasteiger partial charge in [-0.3, -0.25) is 9.59 Å². The lowest BCUT2D eigenvalue weighted by molar-refractivity contribution is -0.153. The van der Waals surface area contributed by atoms with Gasteiger partial charge in [-0.2, -0.15) is 0 Å². The molecule has 3 aromatic rings. The van der Waals surface area contributed by atoms with Crippen molar-refractivity contribution in [2.45, 2.75) is 33.3 Å². The number of aromatic nitrogens is 2. The van der Waals surface area contributed by atoms with Crippen molar-refractivity contribution in [1.82, 2.24) is 15.3 Å². The molecule has 0 unspecified atom stereocenters. The van der Waals surface area contributed by atoms with E-state index in [0.717, 1.165) is 0 Å². The Kier molecular flexibility index (Phi) is 6.98. The summed E-state index contributed by atoms with van der Waals surface area (Å²) in [5.74, 6) is -1.61. The summed E-state index contributed by atoms with van der Waals surface area (Å²) >= 11 is 6.15. The summed E-state index contributed by atoms with van der Waals surface area (Å²) in [6, 6.07) is 10.7. The molecule has 33 heavy (non-hydrogen) atoms. The lowest BCUT2D eigenvalue weighted by Crippen LogP contribution is -2.35. The van der Waals surface area contributed by atoms with Gasteiger partial charge in [-0.25, -0.2) is 14.4 Å². The molecule has 0 radical (unpaired) electrons. The molecule has 0 atom stereocenters. The summed E-state index contributed by atoms with van der Waals surface area (Å²) in [5.41, 5.74) is 8.41. The molecule has 0 saturated carbocycles. The molecule has 1 amide bonds. The minimum atomic E-state index is -0.676. The van der Waals surface area contributed by atoms with Crippen molar-refractivity contribution in [3.05, 3.63) is 64.7 Å². The van der Waals surface area contributed by atoms with Gasteiger partial charge in [0, 0.05) is 16.8 Å². The largest absolute Gasteiger partial charge is 0.459 e. The minimum Gasteiger partial charge on any atom is -0.459 e. The fourth-order valence-corrected chi connectivity index (χ4v) is 3.42. The molecule has 0 aliphatic carbocycles. The molecule has 2 aromatic heterocycles. The minimum absolute atomic E-state index is 0.0448. The first-order valence-electron chi connectivity index (χ1n) is 10.1. The molecule has 0 aliphatic rings. The first-order chi connectivity index (χ1) is 15.4. The third-order valence-corrected chi connectivity index (χ3v) is 4.65. The fraction of sp³-hybridized carbons (Fsp3) is 0.250. The average Bonchev–Trinajstić information content (AvgIpc) is 2.70. The second kappa shape index (κ2) is 9.54. The van der Waals surface area contributed by atoms with Crippen LogP contribution in [0.2, 0.25) is 5.15 Å². The van der Waals surface area contributed by atoms with E-state index in [1.807, 2.05) is 0 Å². The van der Waals surface area contributed by atoms with Gasteiger partial charge >= 0.3 is 5.97 Å². The van der Waals surface area contributed by atoms with Crippen molar-refractivity contribution in [3.63, 3.8) is 0 Å². The Morgan fingerprint density at radius 3 is 2.36 bits per heavy atom. The van der Waals surface area contributed by atoms with Crippen LogP contribution in [0.4, 0.5) is 10.2 Å². The quantitative estimate of drug-likeness (QED) is 0.418. The van der Waals surface area contributed by atoms with Crippen molar-refractivity contribution in [2.24, 2.45) is 0 Å². The lowest BCUT2D eigenvalue weighted by Gasteiger charge is -2.19. The Labute approximate surface area is 196 Å². The summed E-state index contributed by atoms with van der Waals surface area (Å²) in [6.07, 6.45) is 0. The number of hydrogen-bond acceptors (Lipinski definition) is 6. The van der Waals surface area contributed by atoms with Gasteiger partial charge in [-0.1, -0.05) is 11.6 Å². The molecule has 2 heterocycles. The number of amides is 1. The Morgan fingerprint density at radius 2 is 1.76 bits per heavy atom. The number of hydrogen-bond donors (Lipinski definition) is 2. The molecule has 3 rings (SSSR count). The number of halogens is 2. The van der Waals surface area contributed by atoms with Crippen LogP contribution in [0, 0.1) is 12.7 Å². The van der Waals surface area contributed by atoms with E-state index in [9.17, 15) is 14.0 Å². The maximum atomic E-state index is 13.5. The first-order valence-corrected chi connectivity index (χ1v) is 10.5. The first kappa shape index (κ1) is 24.1. The van der Waals surface area contributed by atoms with Crippen LogP contribution in [0.3, 0.4) is 0 Å². The van der Waals surface area contributed by atoms with Crippen LogP contribution >= 0.6 is 11.6 Å². The number of ether oxygens (including phenoxy) is 1. The molecular formula is C24H24ClFN4O3. The van der Waals surface area contributed by atoms with Gasteiger partial charge in [0.05, 0.1) is 11.3 Å². The van der Waals surface area contributed by atoms with E-state index < -0.39 is 23.3 Å². The SMILES string of the molecule is Cc1cc(-c2cc(C(=O)NCC(=O)OC(C)(C)C)c(N)nc2-c2ccc(F)cc2)cc(Cl)n1. The molecule has 0 fully saturated rings. The molecule has 7 nitrogen and oxygen atoms in total. The highest BCUT2D eigenvalue weighted by Gasteiger charge is 2.21. The molecule has 0 spiro atoms. The number of nitrogens with zero attached hydrogens (tertiary/aromatic N) is 2. The second-order valence-corrected chi connectivity index (χ2v) is 8.80. The van der Waals surface area contributed by atoms with Gasteiger partial charge in [-0.15, -0.1) is 0 Å². The van der Waals surface area contributed by atoms with Crippen LogP contribution in [-0.2, 0) is 9.53 Å². The molecule has 9 heteroatoms. The molecule has 0 saturated heterocycles. The molecule has 1 aromatic carbocycles. The number of esters is 1. The highest BCUT2D eigenvalue weighted by Crippen LogP contribution is 2.34. The van der Waals surface area contributed by atoms with E-state index in [1.54, 1.807) is 58.0 Å². The summed E-state index contributed by atoms with van der Waals surface area (Å²) in [7, 11) is 0. The standard InChI is InChI=1S/C24H24ClFN4O3/c1-13-9-15(10-19(25)29-13)17-11-18(23(32)28-12-20(31)33-24(2,3)4)22(27)30-21(17)14-5-7-16(26)8-6-14/h5-11H,12H2,1-4H3,(H2,27,30)(H,28,32). The summed E-state index contributed by atoms with van der Waals surface area (Å²) in [4.78, 5) is 33.4. The van der Waals surface area contributed by atoms with E-state index in [1.165, 1.54) is 12.1 Å². The van der Waals surface area contributed by atoms with E-state index in [0.29, 0.717) is 28.1 Å². The number of nitrogens with one attached hydrogen (secondary N) is 1. The zero-order valence-corrected chi connectivity index (χ0v) is 19.5. The van der Waals surface area contributed by atoms with Crippen molar-refractivity contribution >= 4 is 29.3 Å². The predicted molar refractivity (Wildman–Crippen MR) is 125 cm³/mol. The average molecular weight is 471 g/mol. The number of nitrogens with two attached hydrogens (primary N) is 1. The van der Waals surface area contributed by atoms with Gasteiger partial charge in [0.2, 0.25) is 0 Å². The maximum absolute atomic E-state index is 13.5. The Morgan fingerprint density at radius 1 is 1.09 bits per heavy atom. The zero-order chi connectivity index (χ0) is 24.3. The van der Waals surface area contributed by atoms with Gasteiger partial charge in [0.1, 0.15) is 28.9 Å². The number of carbonyl (C=O) groups is 2. The molecule has 172 valence electrons. The zero-order valence-electron chi connectivity index (χ0n) is 18.7. The van der Waals surface area contributed by atoms with E-state index in [4.69, 9.17) is 22.1 Å². The van der Waals surface area contributed by atoms with Gasteiger partial charge < -0.3 is 15.8 Å². The van der Waals surface area contributed by atoms with Gasteiger partial charge in [0.25, 0.3) is 5.91 Å². The fourth-order valence-electron chi connectivity index (χ4n) is 3.17. The number of anilines is 1. The second-order valence-electron chi connectivity index (χ2n) is 8.41. The number of benzene rings is 1. The molecular weight excluding hydrogens is 447 g/mol. The predicted octanol–water partition coefficient (Wildman–Crippen LogP) is 4.57. The highest BCUT2D eigenvalue weighted by molar-refractivity contribution is 6.29. The van der Waals surface area contributed by atoms with Crippen LogP contribution in [0.25, 0.3) is 22.4 Å². The Balaban J connectivity index is 2.03. The lowest BCUT2D eigenvalue weighted by atomic mass is 9.97. The van der Waals surface area contributed by atoms with Crippen LogP contribution in [0.1, 0.15) is 36.8 Å². The Hall–Kier alpha value is -3.52. The Bertz CT molecular complexity index is 1190. The van der Waals surface area contributed by atoms with Crippen molar-refractivity contribution in [3.8, 4) is 22.4 Å². The monoisotopic (exact) mass is 470 g/mol. The van der Waals surface area contributed by atoms with Gasteiger partial charge in [-0.05, 0) is 75.7 Å². The molecule has 0 bridgehead atoms. The third kappa shape index (κ3) is 6.26. The van der Waals surface area contributed by atoms with Crippen LogP contribution in [0.5, 0.6) is 0 Å². The van der Waals surface area contributed by atoms with E-state index in [-0.39, 0.29) is 23.1 Å². The molecule has 3 N–H and O–H groups in total. The van der Waals surface area contributed by atoms with Crippen molar-refractivity contribution in [2.75, 3.05) is 12.3 Å². The van der Waals surface area contributed by atoms with Crippen LogP contribution in [0.15, 0.2) is 42.5 Å². The van der Waals surface area contributed by atoms with Gasteiger partial charge in [0.15, 0.2) is 0 Å². The number of pyridine rings is 2. The number of aryl methyl sites for hydroxylation is 1. The van der Waals surface area contributed by atoms with Crippen molar-refractivity contribution < 1.29 is 18.7 Å². The van der Waals surface area contributed by atoms with E-state index in [2.05, 4.69) is 15.3 Å². The number of carbonyl (C=O) groups excluding carboxylic acids is 2. The maximum Gasteiger partial charge on any atom is 0.325 e.